The summed E-state index contributed by atoms with van der Waals surface area (Å²) in [5.41, 5.74) is 0.663. The largest absolute Gasteiger partial charge is 0.508 e. The van der Waals surface area contributed by atoms with Gasteiger partial charge in [-0.25, -0.2) is 0 Å². The zero-order valence-electron chi connectivity index (χ0n) is 9.91. The highest BCUT2D eigenvalue weighted by Gasteiger charge is 2.07. The number of thiophene rings is 1. The predicted octanol–water partition coefficient (Wildman–Crippen LogP) is 3.13. The zero-order valence-corrected chi connectivity index (χ0v) is 10.7. The second-order valence-corrected chi connectivity index (χ2v) is 4.75. The van der Waals surface area contributed by atoms with Crippen LogP contribution in [0, 0.1) is 0 Å². The summed E-state index contributed by atoms with van der Waals surface area (Å²) in [6.45, 7) is 0. The highest BCUT2D eigenvalue weighted by Crippen LogP contribution is 2.19. The average molecular weight is 259 g/mol. The van der Waals surface area contributed by atoms with Crippen LogP contribution < -0.4 is 4.90 Å². The van der Waals surface area contributed by atoms with Crippen molar-refractivity contribution in [1.82, 2.24) is 0 Å². The molecule has 1 heterocycles. The first kappa shape index (κ1) is 12.4. The molecule has 0 spiro atoms. The lowest BCUT2D eigenvalue weighted by molar-refractivity contribution is -0.113. The van der Waals surface area contributed by atoms with Gasteiger partial charge in [-0.3, -0.25) is 4.79 Å². The van der Waals surface area contributed by atoms with Crippen molar-refractivity contribution >= 4 is 29.0 Å². The van der Waals surface area contributed by atoms with Gasteiger partial charge in [-0.1, -0.05) is 12.1 Å². The predicted molar refractivity (Wildman–Crippen MR) is 74.9 cm³/mol. The van der Waals surface area contributed by atoms with Gasteiger partial charge in [0.15, 0.2) is 0 Å². The summed E-state index contributed by atoms with van der Waals surface area (Å²) in [4.78, 5) is 14.4. The lowest BCUT2D eigenvalue weighted by Gasteiger charge is -2.15. The minimum Gasteiger partial charge on any atom is -0.508 e. The Kier molecular flexibility index (Phi) is 3.79. The minimum absolute atomic E-state index is 0.131. The first-order valence-electron chi connectivity index (χ1n) is 5.45. The number of likely N-dealkylation sites (N-methyl/N-ethyl adjacent to an activating group) is 1. The fraction of sp³-hybridized carbons (Fsp3) is 0.0714. The Hall–Kier alpha value is -2.07. The molecule has 4 heteroatoms. The van der Waals surface area contributed by atoms with Crippen molar-refractivity contribution < 1.29 is 9.90 Å². The Balaban J connectivity index is 2.09. The van der Waals surface area contributed by atoms with E-state index in [0.29, 0.717) is 5.69 Å². The molecule has 0 bridgehead atoms. The van der Waals surface area contributed by atoms with Crippen LogP contribution in [-0.2, 0) is 4.79 Å². The van der Waals surface area contributed by atoms with Crippen LogP contribution in [-0.4, -0.2) is 18.1 Å². The summed E-state index contributed by atoms with van der Waals surface area (Å²) in [7, 11) is 1.68. The third-order valence-corrected chi connectivity index (χ3v) is 3.32. The number of anilines is 1. The zero-order chi connectivity index (χ0) is 13.0. The molecule has 92 valence electrons. The average Bonchev–Trinajstić information content (AvgIpc) is 2.88. The van der Waals surface area contributed by atoms with E-state index < -0.39 is 0 Å². The molecule has 0 saturated heterocycles. The number of rotatable bonds is 3. The first-order chi connectivity index (χ1) is 8.66. The van der Waals surface area contributed by atoms with Gasteiger partial charge >= 0.3 is 0 Å². The molecule has 1 N–H and O–H groups in total. The maximum absolute atomic E-state index is 11.9. The molecule has 0 radical (unpaired) electrons. The molecule has 1 aromatic carbocycles. The maximum Gasteiger partial charge on any atom is 0.250 e. The second kappa shape index (κ2) is 5.51. The standard InChI is InChI=1S/C14H13NO2S/c1-15(11-4-2-5-12(16)10-11)14(17)8-7-13-6-3-9-18-13/h2-10,16H,1H3/b8-7+. The fourth-order valence-corrected chi connectivity index (χ4v) is 2.10. The van der Waals surface area contributed by atoms with E-state index in [1.165, 1.54) is 11.0 Å². The summed E-state index contributed by atoms with van der Waals surface area (Å²) in [5, 5.41) is 11.3. The number of phenolic OH excluding ortho intramolecular Hbond substituents is 1. The molecule has 0 aliphatic carbocycles. The van der Waals surface area contributed by atoms with Crippen LogP contribution in [0.4, 0.5) is 5.69 Å². The number of hydrogen-bond acceptors (Lipinski definition) is 3. The highest BCUT2D eigenvalue weighted by atomic mass is 32.1. The van der Waals surface area contributed by atoms with Crippen molar-refractivity contribution in [1.29, 1.82) is 0 Å². The van der Waals surface area contributed by atoms with E-state index in [1.54, 1.807) is 48.7 Å². The SMILES string of the molecule is CN(C(=O)/C=C/c1cccs1)c1cccc(O)c1. The van der Waals surface area contributed by atoms with Crippen LogP contribution in [0.1, 0.15) is 4.88 Å². The molecule has 0 atom stereocenters. The summed E-state index contributed by atoms with van der Waals surface area (Å²) >= 11 is 1.58. The van der Waals surface area contributed by atoms with Crippen molar-refractivity contribution in [2.24, 2.45) is 0 Å². The number of carbonyl (C=O) groups is 1. The second-order valence-electron chi connectivity index (χ2n) is 3.77. The van der Waals surface area contributed by atoms with Crippen molar-refractivity contribution in [3.8, 4) is 5.75 Å². The topological polar surface area (TPSA) is 40.5 Å². The van der Waals surface area contributed by atoms with Crippen molar-refractivity contribution in [2.75, 3.05) is 11.9 Å². The molecule has 1 aromatic heterocycles. The summed E-state index contributed by atoms with van der Waals surface area (Å²) < 4.78 is 0. The van der Waals surface area contributed by atoms with E-state index in [0.717, 1.165) is 4.88 Å². The van der Waals surface area contributed by atoms with Gasteiger partial charge in [0.2, 0.25) is 0 Å². The Labute approximate surface area is 110 Å². The van der Waals surface area contributed by atoms with Gasteiger partial charge in [0, 0.05) is 29.8 Å². The van der Waals surface area contributed by atoms with Crippen LogP contribution in [0.15, 0.2) is 47.9 Å². The molecule has 3 nitrogen and oxygen atoms in total. The fourth-order valence-electron chi connectivity index (χ4n) is 1.48. The van der Waals surface area contributed by atoms with E-state index in [9.17, 15) is 9.90 Å². The van der Waals surface area contributed by atoms with Gasteiger partial charge in [0.1, 0.15) is 5.75 Å². The Morgan fingerprint density at radius 3 is 2.83 bits per heavy atom. The van der Waals surface area contributed by atoms with E-state index in [1.807, 2.05) is 17.5 Å². The smallest absolute Gasteiger partial charge is 0.250 e. The third kappa shape index (κ3) is 2.99. The van der Waals surface area contributed by atoms with Crippen LogP contribution in [0.3, 0.4) is 0 Å². The monoisotopic (exact) mass is 259 g/mol. The van der Waals surface area contributed by atoms with Crippen molar-refractivity contribution in [3.05, 3.63) is 52.7 Å². The quantitative estimate of drug-likeness (QED) is 0.860. The molecule has 2 rings (SSSR count). The third-order valence-electron chi connectivity index (χ3n) is 2.48. The van der Waals surface area contributed by atoms with E-state index in [4.69, 9.17) is 0 Å². The van der Waals surface area contributed by atoms with Gasteiger partial charge in [0.25, 0.3) is 5.91 Å². The number of benzene rings is 1. The molecule has 0 fully saturated rings. The summed E-state index contributed by atoms with van der Waals surface area (Å²) in [5.74, 6) is 0.0170. The van der Waals surface area contributed by atoms with Gasteiger partial charge in [-0.2, -0.15) is 0 Å². The van der Waals surface area contributed by atoms with Crippen LogP contribution in [0.5, 0.6) is 5.75 Å². The van der Waals surface area contributed by atoms with E-state index in [2.05, 4.69) is 0 Å². The normalized spacial score (nSPS) is 10.7. The molecule has 0 aliphatic heterocycles. The van der Waals surface area contributed by atoms with Crippen molar-refractivity contribution in [2.45, 2.75) is 0 Å². The Morgan fingerprint density at radius 1 is 1.33 bits per heavy atom. The van der Waals surface area contributed by atoms with Gasteiger partial charge in [-0.15, -0.1) is 11.3 Å². The number of phenols is 1. The number of amides is 1. The lowest BCUT2D eigenvalue weighted by Crippen LogP contribution is -2.23. The molecular weight excluding hydrogens is 246 g/mol. The van der Waals surface area contributed by atoms with Crippen LogP contribution in [0.25, 0.3) is 6.08 Å². The Bertz CT molecular complexity index is 561. The molecule has 0 aliphatic rings. The van der Waals surface area contributed by atoms with E-state index >= 15 is 0 Å². The molecule has 18 heavy (non-hydrogen) atoms. The number of aromatic hydroxyl groups is 1. The Morgan fingerprint density at radius 2 is 2.17 bits per heavy atom. The van der Waals surface area contributed by atoms with Gasteiger partial charge in [0.05, 0.1) is 0 Å². The van der Waals surface area contributed by atoms with Gasteiger partial charge < -0.3 is 10.0 Å². The minimum atomic E-state index is -0.131. The van der Waals surface area contributed by atoms with Crippen LogP contribution in [0.2, 0.25) is 0 Å². The molecule has 0 saturated carbocycles. The number of carbonyl (C=O) groups excluding carboxylic acids is 1. The number of nitrogens with zero attached hydrogens (tertiary/aromatic N) is 1. The molecule has 2 aromatic rings. The first-order valence-corrected chi connectivity index (χ1v) is 6.33. The van der Waals surface area contributed by atoms with Crippen molar-refractivity contribution in [3.63, 3.8) is 0 Å². The summed E-state index contributed by atoms with van der Waals surface area (Å²) in [6, 6.07) is 10.5. The highest BCUT2D eigenvalue weighted by molar-refractivity contribution is 7.10. The maximum atomic E-state index is 11.9. The molecule has 1 amide bonds. The molecular formula is C14H13NO2S. The molecule has 0 unspecified atom stereocenters. The van der Waals surface area contributed by atoms with E-state index in [-0.39, 0.29) is 11.7 Å². The lowest BCUT2D eigenvalue weighted by atomic mass is 10.2. The number of hydrogen-bond donors (Lipinski definition) is 1. The van der Waals surface area contributed by atoms with Gasteiger partial charge in [-0.05, 0) is 29.7 Å². The summed E-state index contributed by atoms with van der Waals surface area (Å²) in [6.07, 6.45) is 3.31. The van der Waals surface area contributed by atoms with Crippen LogP contribution >= 0.6 is 11.3 Å².